The summed E-state index contributed by atoms with van der Waals surface area (Å²) in [6.07, 6.45) is 3.72. The molecule has 0 saturated carbocycles. The van der Waals surface area contributed by atoms with E-state index in [1.54, 1.807) is 25.1 Å². The maximum absolute atomic E-state index is 12.3. The number of aryl methyl sites for hydroxylation is 1. The predicted octanol–water partition coefficient (Wildman–Crippen LogP) is 4.41. The lowest BCUT2D eigenvalue weighted by Crippen LogP contribution is -2.12. The maximum atomic E-state index is 12.3. The van der Waals surface area contributed by atoms with E-state index in [4.69, 9.17) is 4.52 Å². The SMILES string of the molecule is Cc1noc(/C=C/c2ccccc2)c1NC(=O)c1ccccc1. The van der Waals surface area contributed by atoms with Gasteiger partial charge in [-0.15, -0.1) is 0 Å². The van der Waals surface area contributed by atoms with Crippen LogP contribution >= 0.6 is 0 Å². The molecule has 0 unspecified atom stereocenters. The van der Waals surface area contributed by atoms with Crippen molar-refractivity contribution in [2.75, 3.05) is 5.32 Å². The minimum absolute atomic E-state index is 0.189. The van der Waals surface area contributed by atoms with Gasteiger partial charge in [0.1, 0.15) is 11.4 Å². The third-order valence-corrected chi connectivity index (χ3v) is 3.39. The second-order valence-corrected chi connectivity index (χ2v) is 5.07. The Morgan fingerprint density at radius 3 is 2.35 bits per heavy atom. The molecule has 1 aromatic heterocycles. The fourth-order valence-electron chi connectivity index (χ4n) is 2.16. The van der Waals surface area contributed by atoms with Crippen LogP contribution in [-0.2, 0) is 0 Å². The number of hydrogen-bond donors (Lipinski definition) is 1. The molecule has 23 heavy (non-hydrogen) atoms. The summed E-state index contributed by atoms with van der Waals surface area (Å²) in [5, 5.41) is 6.80. The lowest BCUT2D eigenvalue weighted by molar-refractivity contribution is 0.102. The van der Waals surface area contributed by atoms with Crippen molar-refractivity contribution < 1.29 is 9.32 Å². The summed E-state index contributed by atoms with van der Waals surface area (Å²) < 4.78 is 5.30. The Bertz CT molecular complexity index is 821. The van der Waals surface area contributed by atoms with E-state index in [0.717, 1.165) is 5.56 Å². The molecule has 4 nitrogen and oxygen atoms in total. The second kappa shape index (κ2) is 6.75. The standard InChI is InChI=1S/C19H16N2O2/c1-14-18(20-19(22)16-10-6-3-7-11-16)17(23-21-14)13-12-15-8-4-2-5-9-15/h2-13H,1H3,(H,20,22)/b13-12+. The summed E-state index contributed by atoms with van der Waals surface area (Å²) in [6.45, 7) is 1.80. The van der Waals surface area contributed by atoms with E-state index in [1.807, 2.05) is 54.6 Å². The first-order valence-electron chi connectivity index (χ1n) is 7.30. The van der Waals surface area contributed by atoms with Crippen molar-refractivity contribution in [1.29, 1.82) is 0 Å². The molecule has 0 atom stereocenters. The Balaban J connectivity index is 1.82. The highest BCUT2D eigenvalue weighted by Gasteiger charge is 2.14. The molecule has 0 bridgehead atoms. The van der Waals surface area contributed by atoms with Gasteiger partial charge in [-0.3, -0.25) is 4.79 Å². The summed E-state index contributed by atoms with van der Waals surface area (Å²) in [5.74, 6) is 0.335. The zero-order valence-corrected chi connectivity index (χ0v) is 12.7. The molecule has 0 aliphatic heterocycles. The van der Waals surface area contributed by atoms with Crippen molar-refractivity contribution in [2.45, 2.75) is 6.92 Å². The molecule has 3 rings (SSSR count). The average Bonchev–Trinajstić information content (AvgIpc) is 2.95. The van der Waals surface area contributed by atoms with E-state index in [2.05, 4.69) is 10.5 Å². The molecule has 0 fully saturated rings. The molecule has 0 radical (unpaired) electrons. The molecule has 0 aliphatic rings. The molecule has 0 aliphatic carbocycles. The van der Waals surface area contributed by atoms with E-state index in [9.17, 15) is 4.79 Å². The van der Waals surface area contributed by atoms with E-state index in [1.165, 1.54) is 0 Å². The third-order valence-electron chi connectivity index (χ3n) is 3.39. The minimum Gasteiger partial charge on any atom is -0.354 e. The summed E-state index contributed by atoms with van der Waals surface area (Å²) in [5.41, 5.74) is 2.86. The Labute approximate surface area is 134 Å². The minimum atomic E-state index is -0.189. The number of rotatable bonds is 4. The monoisotopic (exact) mass is 304 g/mol. The van der Waals surface area contributed by atoms with Gasteiger partial charge in [0.2, 0.25) is 0 Å². The second-order valence-electron chi connectivity index (χ2n) is 5.07. The summed E-state index contributed by atoms with van der Waals surface area (Å²) in [4.78, 5) is 12.3. The number of carbonyl (C=O) groups is 1. The number of nitrogens with zero attached hydrogens (tertiary/aromatic N) is 1. The van der Waals surface area contributed by atoms with Crippen molar-refractivity contribution in [2.24, 2.45) is 0 Å². The normalized spacial score (nSPS) is 10.8. The number of carbonyl (C=O) groups excluding carboxylic acids is 1. The van der Waals surface area contributed by atoms with Crippen LogP contribution in [0.15, 0.2) is 65.2 Å². The molecule has 0 saturated heterocycles. The summed E-state index contributed by atoms with van der Waals surface area (Å²) in [6, 6.07) is 18.9. The highest BCUT2D eigenvalue weighted by Crippen LogP contribution is 2.23. The highest BCUT2D eigenvalue weighted by atomic mass is 16.5. The van der Waals surface area contributed by atoms with E-state index < -0.39 is 0 Å². The van der Waals surface area contributed by atoms with Gasteiger partial charge in [0, 0.05) is 5.56 Å². The lowest BCUT2D eigenvalue weighted by Gasteiger charge is -2.04. The van der Waals surface area contributed by atoms with Crippen molar-refractivity contribution >= 4 is 23.7 Å². The van der Waals surface area contributed by atoms with Gasteiger partial charge in [-0.1, -0.05) is 59.8 Å². The van der Waals surface area contributed by atoms with E-state index in [0.29, 0.717) is 22.7 Å². The van der Waals surface area contributed by atoms with E-state index >= 15 is 0 Å². The molecule has 114 valence electrons. The van der Waals surface area contributed by atoms with Gasteiger partial charge < -0.3 is 9.84 Å². The summed E-state index contributed by atoms with van der Waals surface area (Å²) >= 11 is 0. The number of nitrogens with one attached hydrogen (secondary N) is 1. The van der Waals surface area contributed by atoms with Crippen LogP contribution in [0.5, 0.6) is 0 Å². The summed E-state index contributed by atoms with van der Waals surface area (Å²) in [7, 11) is 0. The predicted molar refractivity (Wildman–Crippen MR) is 91.0 cm³/mol. The maximum Gasteiger partial charge on any atom is 0.255 e. The third kappa shape index (κ3) is 3.55. The number of anilines is 1. The van der Waals surface area contributed by atoms with Crippen LogP contribution in [0.25, 0.3) is 12.2 Å². The molecule has 4 heteroatoms. The number of hydrogen-bond acceptors (Lipinski definition) is 3. The van der Waals surface area contributed by atoms with Crippen LogP contribution in [0.2, 0.25) is 0 Å². The molecule has 1 N–H and O–H groups in total. The van der Waals surface area contributed by atoms with Crippen LogP contribution in [-0.4, -0.2) is 11.1 Å². The van der Waals surface area contributed by atoms with Gasteiger partial charge in [0.15, 0.2) is 5.76 Å². The van der Waals surface area contributed by atoms with Crippen LogP contribution in [0.3, 0.4) is 0 Å². The molecular weight excluding hydrogens is 288 g/mol. The van der Waals surface area contributed by atoms with Gasteiger partial charge >= 0.3 is 0 Å². The van der Waals surface area contributed by atoms with Gasteiger partial charge in [0.05, 0.1) is 0 Å². The van der Waals surface area contributed by atoms with Gasteiger partial charge in [0.25, 0.3) is 5.91 Å². The topological polar surface area (TPSA) is 55.1 Å². The van der Waals surface area contributed by atoms with Gasteiger partial charge in [-0.25, -0.2) is 0 Å². The highest BCUT2D eigenvalue weighted by molar-refractivity contribution is 6.05. The zero-order valence-electron chi connectivity index (χ0n) is 12.7. The molecule has 1 heterocycles. The van der Waals surface area contributed by atoms with Crippen LogP contribution in [0.4, 0.5) is 5.69 Å². The Morgan fingerprint density at radius 2 is 1.65 bits per heavy atom. The first-order chi connectivity index (χ1) is 11.2. The smallest absolute Gasteiger partial charge is 0.255 e. The molecular formula is C19H16N2O2. The first kappa shape index (κ1) is 14.8. The number of benzene rings is 2. The van der Waals surface area contributed by atoms with Crippen LogP contribution in [0.1, 0.15) is 27.4 Å². The molecule has 2 aromatic carbocycles. The fraction of sp³-hybridized carbons (Fsp3) is 0.0526. The first-order valence-corrected chi connectivity index (χ1v) is 7.30. The van der Waals surface area contributed by atoms with Gasteiger partial charge in [-0.05, 0) is 30.7 Å². The van der Waals surface area contributed by atoms with Gasteiger partial charge in [-0.2, -0.15) is 0 Å². The van der Waals surface area contributed by atoms with E-state index in [-0.39, 0.29) is 5.91 Å². The van der Waals surface area contributed by atoms with Crippen molar-refractivity contribution in [1.82, 2.24) is 5.16 Å². The largest absolute Gasteiger partial charge is 0.354 e. The Morgan fingerprint density at radius 1 is 1.00 bits per heavy atom. The molecule has 3 aromatic rings. The Kier molecular flexibility index (Phi) is 4.34. The Hall–Kier alpha value is -3.14. The van der Waals surface area contributed by atoms with Crippen molar-refractivity contribution in [3.63, 3.8) is 0 Å². The number of amides is 1. The fourth-order valence-corrected chi connectivity index (χ4v) is 2.16. The van der Waals surface area contributed by atoms with Crippen molar-refractivity contribution in [3.8, 4) is 0 Å². The zero-order chi connectivity index (χ0) is 16.1. The van der Waals surface area contributed by atoms with Crippen molar-refractivity contribution in [3.05, 3.63) is 83.2 Å². The molecule has 0 spiro atoms. The molecule has 1 amide bonds. The number of aromatic nitrogens is 1. The quantitative estimate of drug-likeness (QED) is 0.777. The van der Waals surface area contributed by atoms with Crippen LogP contribution < -0.4 is 5.32 Å². The average molecular weight is 304 g/mol. The lowest BCUT2D eigenvalue weighted by atomic mass is 10.2. The van der Waals surface area contributed by atoms with Crippen LogP contribution in [0, 0.1) is 6.92 Å².